The standard InChI is InChI=1S/C22H21N5OS/c1-15-24-19(14-29-15)22(17-5-3-2-4-6-17)9-11-27(12-10-22)21(28)18-8-7-16-13-23-26-20(16)25-18/h2-8,13-14H,9-12H2,1H3,(H,23,25,26). The zero-order valence-electron chi connectivity index (χ0n) is 16.1. The van der Waals surface area contributed by atoms with E-state index in [2.05, 4.69) is 44.8 Å². The highest BCUT2D eigenvalue weighted by molar-refractivity contribution is 7.09. The van der Waals surface area contributed by atoms with E-state index in [1.807, 2.05) is 24.0 Å². The van der Waals surface area contributed by atoms with E-state index in [9.17, 15) is 4.79 Å². The first-order chi connectivity index (χ1) is 14.2. The van der Waals surface area contributed by atoms with Crippen LogP contribution in [0.5, 0.6) is 0 Å². The largest absolute Gasteiger partial charge is 0.337 e. The van der Waals surface area contributed by atoms with Crippen molar-refractivity contribution in [1.29, 1.82) is 0 Å². The zero-order chi connectivity index (χ0) is 19.8. The third-order valence-corrected chi connectivity index (χ3v) is 6.63. The van der Waals surface area contributed by atoms with Crippen LogP contribution < -0.4 is 0 Å². The lowest BCUT2D eigenvalue weighted by Gasteiger charge is -2.41. The molecule has 0 bridgehead atoms. The van der Waals surface area contributed by atoms with Crippen molar-refractivity contribution >= 4 is 28.3 Å². The van der Waals surface area contributed by atoms with Crippen molar-refractivity contribution in [3.8, 4) is 0 Å². The number of carbonyl (C=O) groups excluding carboxylic acids is 1. The van der Waals surface area contributed by atoms with Crippen molar-refractivity contribution in [3.05, 3.63) is 76.0 Å². The maximum atomic E-state index is 13.1. The molecule has 146 valence electrons. The monoisotopic (exact) mass is 403 g/mol. The predicted octanol–water partition coefficient (Wildman–Crippen LogP) is 3.95. The van der Waals surface area contributed by atoms with E-state index in [-0.39, 0.29) is 11.3 Å². The molecule has 1 N–H and O–H groups in total. The summed E-state index contributed by atoms with van der Waals surface area (Å²) in [7, 11) is 0. The maximum absolute atomic E-state index is 13.1. The van der Waals surface area contributed by atoms with E-state index in [0.717, 1.165) is 28.9 Å². The summed E-state index contributed by atoms with van der Waals surface area (Å²) in [4.78, 5) is 24.3. The average Bonchev–Trinajstić information content (AvgIpc) is 3.42. The van der Waals surface area contributed by atoms with Crippen LogP contribution in [0.2, 0.25) is 0 Å². The molecular weight excluding hydrogens is 382 g/mol. The topological polar surface area (TPSA) is 74.8 Å². The van der Waals surface area contributed by atoms with Gasteiger partial charge in [-0.2, -0.15) is 5.10 Å². The van der Waals surface area contributed by atoms with Crippen LogP contribution in [0.25, 0.3) is 11.0 Å². The molecule has 0 aliphatic carbocycles. The SMILES string of the molecule is Cc1nc(C2(c3ccccc3)CCN(C(=O)c3ccc4cn[nH]c4n3)CC2)cs1. The van der Waals surface area contributed by atoms with Gasteiger partial charge < -0.3 is 4.90 Å². The molecule has 4 heterocycles. The van der Waals surface area contributed by atoms with Crippen LogP contribution in [-0.2, 0) is 5.41 Å². The van der Waals surface area contributed by atoms with Gasteiger partial charge in [-0.15, -0.1) is 11.3 Å². The van der Waals surface area contributed by atoms with Gasteiger partial charge in [0.1, 0.15) is 5.69 Å². The van der Waals surface area contributed by atoms with Gasteiger partial charge in [-0.3, -0.25) is 9.89 Å². The number of thiazole rings is 1. The molecule has 1 aromatic carbocycles. The predicted molar refractivity (Wildman–Crippen MR) is 113 cm³/mol. The van der Waals surface area contributed by atoms with E-state index < -0.39 is 0 Å². The molecule has 0 spiro atoms. The molecule has 0 saturated carbocycles. The van der Waals surface area contributed by atoms with Crippen LogP contribution >= 0.6 is 11.3 Å². The third kappa shape index (κ3) is 3.11. The number of pyridine rings is 1. The Morgan fingerprint density at radius 3 is 2.62 bits per heavy atom. The van der Waals surface area contributed by atoms with Crippen molar-refractivity contribution in [2.24, 2.45) is 0 Å². The van der Waals surface area contributed by atoms with E-state index in [1.165, 1.54) is 5.56 Å². The van der Waals surface area contributed by atoms with Crippen molar-refractivity contribution < 1.29 is 4.79 Å². The van der Waals surface area contributed by atoms with Gasteiger partial charge in [0.15, 0.2) is 5.65 Å². The molecule has 1 amide bonds. The summed E-state index contributed by atoms with van der Waals surface area (Å²) in [5, 5.41) is 11.0. The quantitative estimate of drug-likeness (QED) is 0.562. The Balaban J connectivity index is 1.42. The van der Waals surface area contributed by atoms with Crippen LogP contribution in [0.3, 0.4) is 0 Å². The molecule has 4 aromatic rings. The molecule has 0 radical (unpaired) electrons. The van der Waals surface area contributed by atoms with Crippen LogP contribution in [0.4, 0.5) is 0 Å². The number of amides is 1. The van der Waals surface area contributed by atoms with E-state index in [1.54, 1.807) is 23.6 Å². The fourth-order valence-corrected chi connectivity index (χ4v) is 4.94. The molecule has 29 heavy (non-hydrogen) atoms. The molecule has 6 nitrogen and oxygen atoms in total. The second-order valence-corrected chi connectivity index (χ2v) is 8.56. The molecule has 0 atom stereocenters. The van der Waals surface area contributed by atoms with Gasteiger partial charge >= 0.3 is 0 Å². The number of likely N-dealkylation sites (tertiary alicyclic amines) is 1. The summed E-state index contributed by atoms with van der Waals surface area (Å²) in [6.45, 7) is 3.39. The lowest BCUT2D eigenvalue weighted by molar-refractivity contribution is 0.0678. The van der Waals surface area contributed by atoms with Gasteiger partial charge in [0.25, 0.3) is 5.91 Å². The number of nitrogens with zero attached hydrogens (tertiary/aromatic N) is 4. The number of hydrogen-bond donors (Lipinski definition) is 1. The molecule has 3 aromatic heterocycles. The summed E-state index contributed by atoms with van der Waals surface area (Å²) < 4.78 is 0. The minimum Gasteiger partial charge on any atom is -0.337 e. The summed E-state index contributed by atoms with van der Waals surface area (Å²) in [5.74, 6) is -0.0300. The number of aromatic amines is 1. The first kappa shape index (κ1) is 18.0. The Kier molecular flexibility index (Phi) is 4.39. The van der Waals surface area contributed by atoms with Crippen LogP contribution in [0, 0.1) is 6.92 Å². The van der Waals surface area contributed by atoms with Gasteiger partial charge in [0.05, 0.1) is 16.9 Å². The van der Waals surface area contributed by atoms with Gasteiger partial charge in [0, 0.05) is 29.3 Å². The molecular formula is C22H21N5OS. The molecule has 1 saturated heterocycles. The zero-order valence-corrected chi connectivity index (χ0v) is 16.9. The van der Waals surface area contributed by atoms with Crippen LogP contribution in [0.1, 0.15) is 39.6 Å². The Labute approximate surface area is 172 Å². The summed E-state index contributed by atoms with van der Waals surface area (Å²) in [6, 6.07) is 14.2. The van der Waals surface area contributed by atoms with Gasteiger partial charge in [-0.05, 0) is 37.5 Å². The number of carbonyl (C=O) groups is 1. The molecule has 5 rings (SSSR count). The lowest BCUT2D eigenvalue weighted by Crippen LogP contribution is -2.46. The van der Waals surface area contributed by atoms with Crippen LogP contribution in [-0.4, -0.2) is 44.1 Å². The summed E-state index contributed by atoms with van der Waals surface area (Å²) >= 11 is 1.69. The number of nitrogens with one attached hydrogen (secondary N) is 1. The number of aryl methyl sites for hydroxylation is 1. The molecule has 0 unspecified atom stereocenters. The Hall–Kier alpha value is -3.06. The Morgan fingerprint density at radius 2 is 1.90 bits per heavy atom. The van der Waals surface area contributed by atoms with E-state index in [0.29, 0.717) is 24.4 Å². The van der Waals surface area contributed by atoms with E-state index in [4.69, 9.17) is 4.98 Å². The van der Waals surface area contributed by atoms with Gasteiger partial charge in [-0.1, -0.05) is 30.3 Å². The molecule has 1 fully saturated rings. The van der Waals surface area contributed by atoms with Crippen molar-refractivity contribution in [3.63, 3.8) is 0 Å². The molecule has 1 aliphatic heterocycles. The molecule has 7 heteroatoms. The number of benzene rings is 1. The summed E-state index contributed by atoms with van der Waals surface area (Å²) in [5.41, 5.74) is 3.34. The second-order valence-electron chi connectivity index (χ2n) is 7.50. The molecule has 1 aliphatic rings. The van der Waals surface area contributed by atoms with Crippen molar-refractivity contribution in [1.82, 2.24) is 25.1 Å². The second kappa shape index (κ2) is 7.08. The smallest absolute Gasteiger partial charge is 0.272 e. The highest BCUT2D eigenvalue weighted by Crippen LogP contribution is 2.42. The van der Waals surface area contributed by atoms with Gasteiger partial charge in [-0.25, -0.2) is 9.97 Å². The third-order valence-electron chi connectivity index (χ3n) is 5.86. The average molecular weight is 404 g/mol. The lowest BCUT2D eigenvalue weighted by atomic mass is 9.70. The van der Waals surface area contributed by atoms with Gasteiger partial charge in [0.2, 0.25) is 0 Å². The normalized spacial score (nSPS) is 16.2. The van der Waals surface area contributed by atoms with Crippen LogP contribution in [0.15, 0.2) is 54.0 Å². The van der Waals surface area contributed by atoms with E-state index >= 15 is 0 Å². The van der Waals surface area contributed by atoms with Crippen molar-refractivity contribution in [2.75, 3.05) is 13.1 Å². The highest BCUT2D eigenvalue weighted by atomic mass is 32.1. The summed E-state index contributed by atoms with van der Waals surface area (Å²) in [6.07, 6.45) is 3.40. The fourth-order valence-electron chi connectivity index (χ4n) is 4.23. The number of H-pyrrole nitrogens is 1. The Morgan fingerprint density at radius 1 is 1.10 bits per heavy atom. The first-order valence-corrected chi connectivity index (χ1v) is 10.6. The van der Waals surface area contributed by atoms with Crippen molar-refractivity contribution in [2.45, 2.75) is 25.2 Å². The number of piperidine rings is 1. The highest BCUT2D eigenvalue weighted by Gasteiger charge is 2.40. The number of rotatable bonds is 3. The fraction of sp³-hybridized carbons (Fsp3) is 0.273. The number of hydrogen-bond acceptors (Lipinski definition) is 5. The minimum atomic E-state index is -0.149. The number of aromatic nitrogens is 4. The number of fused-ring (bicyclic) bond motifs is 1. The minimum absolute atomic E-state index is 0.0300. The first-order valence-electron chi connectivity index (χ1n) is 9.73. The Bertz CT molecular complexity index is 1160. The maximum Gasteiger partial charge on any atom is 0.272 e.